The highest BCUT2D eigenvalue weighted by atomic mass is 16.5. The van der Waals surface area contributed by atoms with Crippen LogP contribution in [0.2, 0.25) is 0 Å². The van der Waals surface area contributed by atoms with E-state index in [9.17, 15) is 4.79 Å². The Hall–Kier alpha value is -3.94. The average Bonchev–Trinajstić information content (AvgIpc) is 3.23. The summed E-state index contributed by atoms with van der Waals surface area (Å²) in [5.41, 5.74) is 3.11. The summed E-state index contributed by atoms with van der Waals surface area (Å²) in [5.74, 6) is 1.96. The van der Waals surface area contributed by atoms with Crippen LogP contribution in [0, 0.1) is 6.92 Å². The Kier molecular flexibility index (Phi) is 5.30. The van der Waals surface area contributed by atoms with E-state index in [1.807, 2.05) is 37.3 Å². The maximum absolute atomic E-state index is 12.3. The molecule has 2 aromatic heterocycles. The minimum absolute atomic E-state index is 0.0683. The van der Waals surface area contributed by atoms with Crippen LogP contribution in [-0.4, -0.2) is 34.1 Å². The molecule has 0 saturated heterocycles. The van der Waals surface area contributed by atoms with Gasteiger partial charge in [0.15, 0.2) is 11.5 Å². The molecule has 2 aromatic carbocycles. The van der Waals surface area contributed by atoms with Crippen molar-refractivity contribution in [3.05, 3.63) is 76.4 Å². The molecule has 4 aromatic rings. The summed E-state index contributed by atoms with van der Waals surface area (Å²) in [6, 6.07) is 16.4. The number of rotatable bonds is 6. The van der Waals surface area contributed by atoms with E-state index in [-0.39, 0.29) is 12.1 Å². The lowest BCUT2D eigenvalue weighted by molar-refractivity contribution is 0.355. The normalized spacial score (nSPS) is 10.8. The van der Waals surface area contributed by atoms with Gasteiger partial charge in [-0.3, -0.25) is 4.79 Å². The van der Waals surface area contributed by atoms with Crippen molar-refractivity contribution in [2.24, 2.45) is 0 Å². The average molecular weight is 404 g/mol. The zero-order valence-corrected chi connectivity index (χ0v) is 16.8. The standard InChI is InChI=1S/C22H20N4O4/c1-14-4-6-15(7-5-14)22-23-20(30-25-22)13-26-21(27)11-9-17(24-26)16-8-10-18(28-2)19(12-16)29-3/h4-12H,13H2,1-3H3. The van der Waals surface area contributed by atoms with E-state index < -0.39 is 0 Å². The van der Waals surface area contributed by atoms with Gasteiger partial charge in [0.05, 0.1) is 19.9 Å². The number of hydrogen-bond acceptors (Lipinski definition) is 7. The lowest BCUT2D eigenvalue weighted by Gasteiger charge is -2.10. The fourth-order valence-corrected chi connectivity index (χ4v) is 2.98. The summed E-state index contributed by atoms with van der Waals surface area (Å²) in [6.07, 6.45) is 0. The van der Waals surface area contributed by atoms with Crippen LogP contribution in [0.25, 0.3) is 22.6 Å². The Morgan fingerprint density at radius 3 is 2.40 bits per heavy atom. The molecule has 0 N–H and O–H groups in total. The van der Waals surface area contributed by atoms with E-state index in [4.69, 9.17) is 14.0 Å². The molecule has 30 heavy (non-hydrogen) atoms. The highest BCUT2D eigenvalue weighted by Crippen LogP contribution is 2.31. The molecule has 0 atom stereocenters. The highest BCUT2D eigenvalue weighted by Gasteiger charge is 2.13. The van der Waals surface area contributed by atoms with E-state index in [0.717, 1.165) is 16.7 Å². The van der Waals surface area contributed by atoms with Crippen molar-refractivity contribution in [3.8, 4) is 34.1 Å². The zero-order chi connectivity index (χ0) is 21.1. The molecule has 4 rings (SSSR count). The second kappa shape index (κ2) is 8.20. The van der Waals surface area contributed by atoms with Gasteiger partial charge in [-0.2, -0.15) is 10.1 Å². The van der Waals surface area contributed by atoms with Crippen molar-refractivity contribution in [1.82, 2.24) is 19.9 Å². The van der Waals surface area contributed by atoms with E-state index in [2.05, 4.69) is 15.2 Å². The van der Waals surface area contributed by atoms with Crippen LogP contribution < -0.4 is 15.0 Å². The van der Waals surface area contributed by atoms with Gasteiger partial charge in [-0.25, -0.2) is 4.68 Å². The van der Waals surface area contributed by atoms with Gasteiger partial charge < -0.3 is 14.0 Å². The molecular weight excluding hydrogens is 384 g/mol. The maximum Gasteiger partial charge on any atom is 0.267 e. The van der Waals surface area contributed by atoms with Crippen molar-refractivity contribution in [2.75, 3.05) is 14.2 Å². The van der Waals surface area contributed by atoms with Gasteiger partial charge in [0, 0.05) is 17.2 Å². The van der Waals surface area contributed by atoms with Crippen molar-refractivity contribution >= 4 is 0 Å². The van der Waals surface area contributed by atoms with Gasteiger partial charge in [-0.15, -0.1) is 0 Å². The number of aromatic nitrogens is 4. The SMILES string of the molecule is COc1ccc(-c2ccc(=O)n(Cc3nc(-c4ccc(C)cc4)no3)n2)cc1OC. The lowest BCUT2D eigenvalue weighted by Crippen LogP contribution is -2.23. The Morgan fingerprint density at radius 1 is 0.933 bits per heavy atom. The molecule has 0 unspecified atom stereocenters. The molecule has 0 aliphatic rings. The number of aryl methyl sites for hydroxylation is 1. The quantitative estimate of drug-likeness (QED) is 0.487. The van der Waals surface area contributed by atoms with Crippen LogP contribution >= 0.6 is 0 Å². The third-order valence-electron chi connectivity index (χ3n) is 4.61. The number of ether oxygens (including phenoxy) is 2. The monoisotopic (exact) mass is 404 g/mol. The summed E-state index contributed by atoms with van der Waals surface area (Å²) in [6.45, 7) is 2.08. The number of benzene rings is 2. The molecule has 0 aliphatic heterocycles. The molecule has 8 nitrogen and oxygen atoms in total. The molecule has 152 valence electrons. The minimum atomic E-state index is -0.269. The predicted octanol–water partition coefficient (Wildman–Crippen LogP) is 3.33. The van der Waals surface area contributed by atoms with Crippen LogP contribution in [-0.2, 0) is 6.54 Å². The Bertz CT molecular complexity index is 1230. The fourth-order valence-electron chi connectivity index (χ4n) is 2.98. The molecule has 0 amide bonds. The third-order valence-corrected chi connectivity index (χ3v) is 4.61. The van der Waals surface area contributed by atoms with E-state index in [0.29, 0.717) is 28.9 Å². The molecule has 8 heteroatoms. The van der Waals surface area contributed by atoms with E-state index >= 15 is 0 Å². The molecule has 0 aliphatic carbocycles. The topological polar surface area (TPSA) is 92.3 Å². The van der Waals surface area contributed by atoms with Crippen molar-refractivity contribution in [2.45, 2.75) is 13.5 Å². The van der Waals surface area contributed by atoms with Gasteiger partial charge in [0.2, 0.25) is 11.7 Å². The van der Waals surface area contributed by atoms with Gasteiger partial charge in [-0.1, -0.05) is 35.0 Å². The highest BCUT2D eigenvalue weighted by molar-refractivity contribution is 5.63. The van der Waals surface area contributed by atoms with Gasteiger partial charge >= 0.3 is 0 Å². The molecule has 2 heterocycles. The Balaban J connectivity index is 1.62. The van der Waals surface area contributed by atoms with Crippen molar-refractivity contribution in [3.63, 3.8) is 0 Å². The minimum Gasteiger partial charge on any atom is -0.493 e. The van der Waals surface area contributed by atoms with Gasteiger partial charge in [0.1, 0.15) is 6.54 Å². The van der Waals surface area contributed by atoms with Crippen LogP contribution in [0.3, 0.4) is 0 Å². The number of hydrogen-bond donors (Lipinski definition) is 0. The molecule has 0 saturated carbocycles. The number of methoxy groups -OCH3 is 2. The van der Waals surface area contributed by atoms with Gasteiger partial charge in [0.25, 0.3) is 5.56 Å². The first-order valence-corrected chi connectivity index (χ1v) is 9.27. The second-order valence-electron chi connectivity index (χ2n) is 6.66. The van der Waals surface area contributed by atoms with Crippen molar-refractivity contribution in [1.29, 1.82) is 0 Å². The second-order valence-corrected chi connectivity index (χ2v) is 6.66. The first-order valence-electron chi connectivity index (χ1n) is 9.27. The van der Waals surface area contributed by atoms with E-state index in [1.54, 1.807) is 32.4 Å². The van der Waals surface area contributed by atoms with Crippen LogP contribution in [0.5, 0.6) is 11.5 Å². The van der Waals surface area contributed by atoms with Gasteiger partial charge in [-0.05, 0) is 31.2 Å². The smallest absolute Gasteiger partial charge is 0.267 e. The zero-order valence-electron chi connectivity index (χ0n) is 16.8. The lowest BCUT2D eigenvalue weighted by atomic mass is 10.1. The third kappa shape index (κ3) is 3.93. The summed E-state index contributed by atoms with van der Waals surface area (Å²) in [5, 5.41) is 8.45. The molecule has 0 fully saturated rings. The predicted molar refractivity (Wildman–Crippen MR) is 111 cm³/mol. The Labute approximate surface area is 172 Å². The summed E-state index contributed by atoms with van der Waals surface area (Å²) in [7, 11) is 3.14. The van der Waals surface area contributed by atoms with Crippen LogP contribution in [0.4, 0.5) is 0 Å². The largest absolute Gasteiger partial charge is 0.493 e. The first-order chi connectivity index (χ1) is 14.6. The fraction of sp³-hybridized carbons (Fsp3) is 0.182. The summed E-state index contributed by atoms with van der Waals surface area (Å²) < 4.78 is 17.2. The maximum atomic E-state index is 12.3. The number of nitrogens with zero attached hydrogens (tertiary/aromatic N) is 4. The molecule has 0 bridgehead atoms. The molecule has 0 radical (unpaired) electrons. The van der Waals surface area contributed by atoms with Crippen molar-refractivity contribution < 1.29 is 14.0 Å². The van der Waals surface area contributed by atoms with Crippen LogP contribution in [0.15, 0.2) is 63.9 Å². The molecular formula is C22H20N4O4. The summed E-state index contributed by atoms with van der Waals surface area (Å²) in [4.78, 5) is 16.7. The van der Waals surface area contributed by atoms with E-state index in [1.165, 1.54) is 10.7 Å². The Morgan fingerprint density at radius 2 is 1.67 bits per heavy atom. The molecule has 0 spiro atoms. The summed E-state index contributed by atoms with van der Waals surface area (Å²) >= 11 is 0. The first kappa shape index (κ1) is 19.4. The van der Waals surface area contributed by atoms with Crippen LogP contribution in [0.1, 0.15) is 11.5 Å².